The predicted molar refractivity (Wildman–Crippen MR) is 85.5 cm³/mol. The number of carbonyl (C=O) groups is 1. The molecule has 20 heavy (non-hydrogen) atoms. The van der Waals surface area contributed by atoms with Crippen LogP contribution < -0.4 is 5.32 Å². The third kappa shape index (κ3) is 4.76. The summed E-state index contributed by atoms with van der Waals surface area (Å²) in [4.78, 5) is 14.7. The standard InChI is InChI=1S/C17H34N2O/c1-6-9-15-17(20)19(16(18-15)10-7-2)14(5)12-8-11-13(3)4/h13-16,18H,6-12H2,1-5H3. The second kappa shape index (κ2) is 8.66. The first-order valence-corrected chi connectivity index (χ1v) is 8.59. The van der Waals surface area contributed by atoms with Crippen molar-refractivity contribution >= 4 is 5.91 Å². The van der Waals surface area contributed by atoms with Crippen molar-refractivity contribution in [1.29, 1.82) is 0 Å². The van der Waals surface area contributed by atoms with E-state index in [0.29, 0.717) is 11.9 Å². The number of carbonyl (C=O) groups excluding carboxylic acids is 1. The summed E-state index contributed by atoms with van der Waals surface area (Å²) in [5, 5.41) is 3.55. The predicted octanol–water partition coefficient (Wildman–Crippen LogP) is 3.93. The molecule has 3 atom stereocenters. The van der Waals surface area contributed by atoms with Gasteiger partial charge >= 0.3 is 0 Å². The number of nitrogens with one attached hydrogen (secondary N) is 1. The lowest BCUT2D eigenvalue weighted by molar-refractivity contribution is -0.132. The molecule has 1 saturated heterocycles. The highest BCUT2D eigenvalue weighted by atomic mass is 16.2. The Morgan fingerprint density at radius 1 is 1.10 bits per heavy atom. The van der Waals surface area contributed by atoms with Crippen molar-refractivity contribution in [2.75, 3.05) is 0 Å². The van der Waals surface area contributed by atoms with Gasteiger partial charge in [-0.25, -0.2) is 0 Å². The Kier molecular flexibility index (Phi) is 7.57. The molecule has 1 aliphatic rings. The SMILES string of the molecule is CCCC1NC(CCC)N(C(C)CCCC(C)C)C1=O. The van der Waals surface area contributed by atoms with Gasteiger partial charge in [-0.05, 0) is 32.1 Å². The van der Waals surface area contributed by atoms with Gasteiger partial charge in [-0.3, -0.25) is 10.1 Å². The Bertz CT molecular complexity index is 291. The Morgan fingerprint density at radius 3 is 2.30 bits per heavy atom. The third-order valence-corrected chi connectivity index (χ3v) is 4.30. The van der Waals surface area contributed by atoms with Crippen molar-refractivity contribution in [3.05, 3.63) is 0 Å². The first-order valence-electron chi connectivity index (χ1n) is 8.59. The Morgan fingerprint density at radius 2 is 1.75 bits per heavy atom. The summed E-state index contributed by atoms with van der Waals surface area (Å²) in [6, 6.07) is 0.427. The maximum Gasteiger partial charge on any atom is 0.241 e. The number of rotatable bonds is 9. The van der Waals surface area contributed by atoms with Gasteiger partial charge < -0.3 is 4.90 Å². The van der Waals surface area contributed by atoms with Crippen molar-refractivity contribution in [3.63, 3.8) is 0 Å². The van der Waals surface area contributed by atoms with E-state index in [0.717, 1.165) is 38.0 Å². The minimum Gasteiger partial charge on any atom is -0.323 e. The smallest absolute Gasteiger partial charge is 0.241 e. The quantitative estimate of drug-likeness (QED) is 0.695. The van der Waals surface area contributed by atoms with Crippen LogP contribution in [0.15, 0.2) is 0 Å². The second-order valence-electron chi connectivity index (χ2n) is 6.73. The van der Waals surface area contributed by atoms with Crippen molar-refractivity contribution in [1.82, 2.24) is 10.2 Å². The molecule has 0 aliphatic carbocycles. The Labute approximate surface area is 125 Å². The molecule has 1 heterocycles. The number of nitrogens with zero attached hydrogens (tertiary/aromatic N) is 1. The van der Waals surface area contributed by atoms with Gasteiger partial charge in [-0.1, -0.05) is 53.4 Å². The highest BCUT2D eigenvalue weighted by Crippen LogP contribution is 2.23. The van der Waals surface area contributed by atoms with E-state index < -0.39 is 0 Å². The van der Waals surface area contributed by atoms with E-state index in [4.69, 9.17) is 0 Å². The van der Waals surface area contributed by atoms with Crippen LogP contribution in [0.4, 0.5) is 0 Å². The molecule has 3 unspecified atom stereocenters. The average Bonchev–Trinajstić information content (AvgIpc) is 2.66. The molecule has 1 fully saturated rings. The Balaban J connectivity index is 2.59. The summed E-state index contributed by atoms with van der Waals surface area (Å²) in [7, 11) is 0. The van der Waals surface area contributed by atoms with Gasteiger partial charge in [0.1, 0.15) is 0 Å². The normalized spacial score (nSPS) is 24.7. The van der Waals surface area contributed by atoms with Gasteiger partial charge in [0, 0.05) is 6.04 Å². The minimum absolute atomic E-state index is 0.0594. The van der Waals surface area contributed by atoms with E-state index in [1.165, 1.54) is 12.8 Å². The summed E-state index contributed by atoms with van der Waals surface area (Å²) >= 11 is 0. The molecule has 1 rings (SSSR count). The molecule has 1 N–H and O–H groups in total. The highest BCUT2D eigenvalue weighted by molar-refractivity contribution is 5.84. The lowest BCUT2D eigenvalue weighted by Gasteiger charge is -2.30. The molecule has 0 spiro atoms. The molecule has 0 radical (unpaired) electrons. The monoisotopic (exact) mass is 282 g/mol. The summed E-state index contributed by atoms with van der Waals surface area (Å²) in [5.74, 6) is 1.09. The molecule has 0 aromatic rings. The molecular weight excluding hydrogens is 248 g/mol. The van der Waals surface area contributed by atoms with E-state index in [1.807, 2.05) is 0 Å². The van der Waals surface area contributed by atoms with Gasteiger partial charge in [0.15, 0.2) is 0 Å². The van der Waals surface area contributed by atoms with Gasteiger partial charge in [0.2, 0.25) is 5.91 Å². The summed E-state index contributed by atoms with van der Waals surface area (Å²) < 4.78 is 0. The van der Waals surface area contributed by atoms with Crippen LogP contribution in [0.5, 0.6) is 0 Å². The number of amides is 1. The Hall–Kier alpha value is -0.570. The van der Waals surface area contributed by atoms with E-state index >= 15 is 0 Å². The fraction of sp³-hybridized carbons (Fsp3) is 0.941. The maximum absolute atomic E-state index is 12.6. The number of hydrogen-bond donors (Lipinski definition) is 1. The van der Waals surface area contributed by atoms with Crippen molar-refractivity contribution in [2.24, 2.45) is 5.92 Å². The van der Waals surface area contributed by atoms with Crippen molar-refractivity contribution in [3.8, 4) is 0 Å². The van der Waals surface area contributed by atoms with Crippen LogP contribution in [0.1, 0.15) is 79.6 Å². The van der Waals surface area contributed by atoms with Crippen LogP contribution in [0.2, 0.25) is 0 Å². The van der Waals surface area contributed by atoms with Crippen LogP contribution in [-0.4, -0.2) is 29.1 Å². The van der Waals surface area contributed by atoms with E-state index in [1.54, 1.807) is 0 Å². The molecule has 0 aromatic carbocycles. The van der Waals surface area contributed by atoms with Gasteiger partial charge in [-0.15, -0.1) is 0 Å². The second-order valence-corrected chi connectivity index (χ2v) is 6.73. The zero-order chi connectivity index (χ0) is 15.1. The van der Waals surface area contributed by atoms with E-state index in [9.17, 15) is 4.79 Å². The maximum atomic E-state index is 12.6. The summed E-state index contributed by atoms with van der Waals surface area (Å²) in [6.45, 7) is 11.1. The molecule has 118 valence electrons. The molecule has 0 bridgehead atoms. The topological polar surface area (TPSA) is 32.3 Å². The molecule has 0 saturated carbocycles. The van der Waals surface area contributed by atoms with Crippen LogP contribution in [0.25, 0.3) is 0 Å². The summed E-state index contributed by atoms with van der Waals surface area (Å²) in [6.07, 6.45) is 8.10. The lowest BCUT2D eigenvalue weighted by atomic mass is 10.0. The van der Waals surface area contributed by atoms with Gasteiger partial charge in [0.25, 0.3) is 0 Å². The first-order chi connectivity index (χ1) is 9.51. The largest absolute Gasteiger partial charge is 0.323 e. The molecule has 0 aromatic heterocycles. The fourth-order valence-electron chi connectivity index (χ4n) is 3.19. The van der Waals surface area contributed by atoms with Crippen molar-refractivity contribution in [2.45, 2.75) is 97.8 Å². The molecule has 1 amide bonds. The minimum atomic E-state index is 0.0594. The zero-order valence-corrected chi connectivity index (χ0v) is 14.1. The van der Waals surface area contributed by atoms with Crippen molar-refractivity contribution < 1.29 is 4.79 Å². The molecule has 1 aliphatic heterocycles. The van der Waals surface area contributed by atoms with E-state index in [-0.39, 0.29) is 12.2 Å². The van der Waals surface area contributed by atoms with Crippen LogP contribution >= 0.6 is 0 Å². The third-order valence-electron chi connectivity index (χ3n) is 4.30. The molecular formula is C17H34N2O. The van der Waals surface area contributed by atoms with Crippen LogP contribution in [0, 0.1) is 5.92 Å². The van der Waals surface area contributed by atoms with Crippen LogP contribution in [0.3, 0.4) is 0 Å². The summed E-state index contributed by atoms with van der Waals surface area (Å²) in [5.41, 5.74) is 0. The fourth-order valence-corrected chi connectivity index (χ4v) is 3.19. The van der Waals surface area contributed by atoms with Gasteiger partial charge in [-0.2, -0.15) is 0 Å². The average molecular weight is 282 g/mol. The zero-order valence-electron chi connectivity index (χ0n) is 14.1. The lowest BCUT2D eigenvalue weighted by Crippen LogP contribution is -2.43. The van der Waals surface area contributed by atoms with Gasteiger partial charge in [0.05, 0.1) is 12.2 Å². The molecule has 3 heteroatoms. The highest BCUT2D eigenvalue weighted by Gasteiger charge is 2.39. The van der Waals surface area contributed by atoms with Crippen LogP contribution in [-0.2, 0) is 4.79 Å². The van der Waals surface area contributed by atoms with E-state index in [2.05, 4.69) is 44.8 Å². The number of hydrogen-bond acceptors (Lipinski definition) is 2. The first kappa shape index (κ1) is 17.5. The molecule has 3 nitrogen and oxygen atoms in total.